The van der Waals surface area contributed by atoms with E-state index in [9.17, 15) is 22.8 Å². The summed E-state index contributed by atoms with van der Waals surface area (Å²) in [6.45, 7) is 1.22. The van der Waals surface area contributed by atoms with Crippen molar-refractivity contribution in [2.24, 2.45) is 11.7 Å². The highest BCUT2D eigenvalue weighted by atomic mass is 35.5. The zero-order valence-electron chi connectivity index (χ0n) is 20.6. The molecule has 2 bridgehead atoms. The van der Waals surface area contributed by atoms with Crippen LogP contribution in [0.25, 0.3) is 0 Å². The Morgan fingerprint density at radius 1 is 1.13 bits per heavy atom. The van der Waals surface area contributed by atoms with Crippen LogP contribution < -0.4 is 16.4 Å². The average Bonchev–Trinajstić information content (AvgIpc) is 3.23. The lowest BCUT2D eigenvalue weighted by Gasteiger charge is -2.47. The molecule has 3 amide bonds. The highest BCUT2D eigenvalue weighted by Crippen LogP contribution is 2.54. The molecular weight excluding hydrogens is 545 g/mol. The van der Waals surface area contributed by atoms with Crippen LogP contribution in [0.5, 0.6) is 0 Å². The van der Waals surface area contributed by atoms with E-state index in [-0.39, 0.29) is 6.03 Å². The Labute approximate surface area is 226 Å². The predicted molar refractivity (Wildman–Crippen MR) is 138 cm³/mol. The van der Waals surface area contributed by atoms with Crippen LogP contribution in [0.1, 0.15) is 58.9 Å². The molecule has 3 aliphatic rings. The molecule has 38 heavy (non-hydrogen) atoms. The molecule has 0 spiro atoms. The summed E-state index contributed by atoms with van der Waals surface area (Å²) in [5.74, 6) is -2.39. The maximum absolute atomic E-state index is 12.6. The van der Waals surface area contributed by atoms with Crippen molar-refractivity contribution >= 4 is 51.5 Å². The summed E-state index contributed by atoms with van der Waals surface area (Å²) in [6.07, 6.45) is 2.14. The number of anilines is 2. The van der Waals surface area contributed by atoms with Crippen molar-refractivity contribution in [2.45, 2.75) is 56.8 Å². The molecule has 1 aromatic heterocycles. The van der Waals surface area contributed by atoms with Gasteiger partial charge in [0.15, 0.2) is 0 Å². The number of carbonyl (C=O) groups is 3. The minimum atomic E-state index is -5.08. The number of urea groups is 1. The molecule has 1 aliphatic carbocycles. The standard InChI is InChI=1S/C23H27ClN4O2S.C2HF3O2/c1-28(12-13-3-2-4-13)16-9-10-18(28)20-17(11-16)19(21(25)29)22(31-20)27-23(30)26-15-7-5-14(24)6-8-15;3-2(4,5)1(6)7/h5-8,13,16,18H,2-4,9-12H2,1H3,(H3-,25,26,27,29,30);(H,6,7)/p+1. The second kappa shape index (κ2) is 10.7. The number of quaternary nitrogens is 1. The Kier molecular flexibility index (Phi) is 7.96. The van der Waals surface area contributed by atoms with E-state index >= 15 is 0 Å². The Morgan fingerprint density at radius 2 is 1.76 bits per heavy atom. The number of fused-ring (bicyclic) bond motifs is 4. The second-order valence-corrected chi connectivity index (χ2v) is 11.7. The van der Waals surface area contributed by atoms with Crippen molar-refractivity contribution in [1.29, 1.82) is 0 Å². The number of alkyl halides is 3. The SMILES string of the molecule is C[N+]1(CC2CCC2)C2CCC1c1sc(NC(=O)Nc3ccc(Cl)cc3)c(C(N)=O)c1C2.O=C(O)C(F)(F)F. The van der Waals surface area contributed by atoms with E-state index in [0.717, 1.165) is 28.8 Å². The van der Waals surface area contributed by atoms with Gasteiger partial charge in [0.05, 0.1) is 30.1 Å². The summed E-state index contributed by atoms with van der Waals surface area (Å²) in [5.41, 5.74) is 7.99. The third kappa shape index (κ3) is 5.76. The van der Waals surface area contributed by atoms with Gasteiger partial charge < -0.3 is 20.6 Å². The third-order valence-electron chi connectivity index (χ3n) is 7.79. The molecule has 5 rings (SSSR count). The molecule has 2 fully saturated rings. The third-order valence-corrected chi connectivity index (χ3v) is 9.30. The van der Waals surface area contributed by atoms with E-state index in [1.165, 1.54) is 48.4 Å². The number of thiophene rings is 1. The summed E-state index contributed by atoms with van der Waals surface area (Å²) in [4.78, 5) is 35.2. The number of amides is 3. The van der Waals surface area contributed by atoms with Crippen LogP contribution in [0.15, 0.2) is 24.3 Å². The zero-order chi connectivity index (χ0) is 27.8. The van der Waals surface area contributed by atoms with Crippen molar-refractivity contribution in [3.05, 3.63) is 45.3 Å². The molecule has 206 valence electrons. The van der Waals surface area contributed by atoms with Gasteiger partial charge >= 0.3 is 18.2 Å². The fourth-order valence-electron chi connectivity index (χ4n) is 5.75. The van der Waals surface area contributed by atoms with Gasteiger partial charge in [-0.2, -0.15) is 13.2 Å². The maximum atomic E-state index is 12.6. The number of carboxylic acid groups (broad SMARTS) is 1. The lowest BCUT2D eigenvalue weighted by atomic mass is 9.83. The highest BCUT2D eigenvalue weighted by Gasteiger charge is 2.54. The molecule has 1 aromatic carbocycles. The van der Waals surface area contributed by atoms with Crippen LogP contribution in [-0.4, -0.2) is 53.3 Å². The van der Waals surface area contributed by atoms with Crippen LogP contribution in [0.4, 0.5) is 28.7 Å². The Hall–Kier alpha value is -2.83. The fraction of sp³-hybridized carbons (Fsp3) is 0.480. The highest BCUT2D eigenvalue weighted by molar-refractivity contribution is 7.17. The van der Waals surface area contributed by atoms with E-state index in [0.29, 0.717) is 33.4 Å². The van der Waals surface area contributed by atoms with E-state index in [1.54, 1.807) is 24.3 Å². The molecule has 2 aromatic rings. The van der Waals surface area contributed by atoms with Crippen LogP contribution >= 0.6 is 22.9 Å². The predicted octanol–water partition coefficient (Wildman–Crippen LogP) is 5.78. The summed E-state index contributed by atoms with van der Waals surface area (Å²) in [5, 5.41) is 14.0. The van der Waals surface area contributed by atoms with Crippen LogP contribution in [-0.2, 0) is 11.2 Å². The van der Waals surface area contributed by atoms with E-state index in [1.807, 2.05) is 0 Å². The van der Waals surface area contributed by atoms with Crippen molar-refractivity contribution in [1.82, 2.24) is 0 Å². The molecule has 0 radical (unpaired) electrons. The molecule has 3 unspecified atom stereocenters. The van der Waals surface area contributed by atoms with Crippen LogP contribution in [0.2, 0.25) is 5.02 Å². The Balaban J connectivity index is 0.000000426. The fourth-order valence-corrected chi connectivity index (χ4v) is 7.37. The summed E-state index contributed by atoms with van der Waals surface area (Å²) in [6, 6.07) is 7.44. The number of nitrogens with two attached hydrogens (primary N) is 1. The topological polar surface area (TPSA) is 122 Å². The summed E-state index contributed by atoms with van der Waals surface area (Å²) in [7, 11) is 2.40. The molecule has 2 aliphatic heterocycles. The minimum absolute atomic E-state index is 0.389. The van der Waals surface area contributed by atoms with Gasteiger partial charge in [0.25, 0.3) is 5.91 Å². The first-order chi connectivity index (χ1) is 17.8. The van der Waals surface area contributed by atoms with Gasteiger partial charge in [-0.05, 0) is 42.7 Å². The Morgan fingerprint density at radius 3 is 2.29 bits per heavy atom. The van der Waals surface area contributed by atoms with Gasteiger partial charge in [0.1, 0.15) is 11.0 Å². The molecule has 3 atom stereocenters. The van der Waals surface area contributed by atoms with Gasteiger partial charge in [-0.1, -0.05) is 18.0 Å². The van der Waals surface area contributed by atoms with Crippen LogP contribution in [0, 0.1) is 5.92 Å². The molecule has 1 saturated carbocycles. The number of aliphatic carboxylic acids is 1. The van der Waals surface area contributed by atoms with E-state index < -0.39 is 18.1 Å². The monoisotopic (exact) mass is 573 g/mol. The first-order valence-corrected chi connectivity index (χ1v) is 13.4. The van der Waals surface area contributed by atoms with Gasteiger partial charge in [-0.15, -0.1) is 11.3 Å². The normalized spacial score (nSPS) is 23.9. The minimum Gasteiger partial charge on any atom is -0.475 e. The number of carboxylic acids is 1. The van der Waals surface area contributed by atoms with Gasteiger partial charge in [0, 0.05) is 35.9 Å². The zero-order valence-corrected chi connectivity index (χ0v) is 22.2. The van der Waals surface area contributed by atoms with Crippen molar-refractivity contribution in [2.75, 3.05) is 24.2 Å². The lowest BCUT2D eigenvalue weighted by Crippen LogP contribution is -2.55. The first kappa shape index (κ1) is 28.2. The number of hydrogen-bond donors (Lipinski definition) is 4. The second-order valence-electron chi connectivity index (χ2n) is 10.2. The smallest absolute Gasteiger partial charge is 0.475 e. The number of halogens is 4. The first-order valence-electron chi connectivity index (χ1n) is 12.2. The van der Waals surface area contributed by atoms with Gasteiger partial charge in [-0.3, -0.25) is 10.1 Å². The van der Waals surface area contributed by atoms with Crippen molar-refractivity contribution in [3.8, 4) is 0 Å². The van der Waals surface area contributed by atoms with Gasteiger partial charge in [-0.25, -0.2) is 9.59 Å². The molecule has 13 heteroatoms. The average molecular weight is 574 g/mol. The number of nitrogens with zero attached hydrogens (tertiary/aromatic N) is 1. The summed E-state index contributed by atoms with van der Waals surface area (Å²) < 4.78 is 32.8. The molecular formula is C25H29ClF3N4O4S+. The van der Waals surface area contributed by atoms with Gasteiger partial charge in [0.2, 0.25) is 0 Å². The summed E-state index contributed by atoms with van der Waals surface area (Å²) >= 11 is 7.45. The largest absolute Gasteiger partial charge is 0.490 e. The number of carbonyl (C=O) groups excluding carboxylic acids is 2. The number of nitrogens with one attached hydrogen (secondary N) is 2. The van der Waals surface area contributed by atoms with Crippen molar-refractivity contribution in [3.63, 3.8) is 0 Å². The quantitative estimate of drug-likeness (QED) is 0.339. The molecule has 8 nitrogen and oxygen atoms in total. The van der Waals surface area contributed by atoms with Crippen LogP contribution in [0.3, 0.4) is 0 Å². The molecule has 1 saturated heterocycles. The van der Waals surface area contributed by atoms with Crippen molar-refractivity contribution < 1.29 is 37.1 Å². The lowest BCUT2D eigenvalue weighted by molar-refractivity contribution is -0.954. The number of hydrogen-bond acceptors (Lipinski definition) is 4. The Bertz CT molecular complexity index is 1230. The molecule has 3 heterocycles. The molecule has 5 N–H and O–H groups in total. The number of likely N-dealkylation sites (N-methyl/N-ethyl adjacent to an activating group) is 1. The van der Waals surface area contributed by atoms with E-state index in [4.69, 9.17) is 27.2 Å². The van der Waals surface area contributed by atoms with E-state index in [2.05, 4.69) is 17.7 Å². The maximum Gasteiger partial charge on any atom is 0.490 e. The number of rotatable bonds is 5. The number of primary amides is 1. The number of benzene rings is 1.